The molecule has 1 amide bonds. The molecule has 0 radical (unpaired) electrons. The fraction of sp³-hybridized carbons (Fsp3) is 0.316. The molecule has 0 aliphatic heterocycles. The van der Waals surface area contributed by atoms with Crippen LogP contribution in [0.2, 0.25) is 0 Å². The van der Waals surface area contributed by atoms with Gasteiger partial charge in [0.05, 0.1) is 6.42 Å². The summed E-state index contributed by atoms with van der Waals surface area (Å²) in [5.41, 5.74) is 5.21. The molecule has 2 nitrogen and oxygen atoms in total. The molecule has 0 unspecified atom stereocenters. The number of amides is 1. The standard InChI is InChI=1S/C19H20FNO/c1-13-6-9-17(20)12-18(13)21-19(22)11-14-7-8-15-4-2-3-5-16(15)10-14/h6-10,12H,2-5,11H2,1H3,(H,21,22). The van der Waals surface area contributed by atoms with E-state index in [2.05, 4.69) is 17.4 Å². The van der Waals surface area contributed by atoms with Crippen molar-refractivity contribution < 1.29 is 9.18 Å². The minimum Gasteiger partial charge on any atom is -0.325 e. The summed E-state index contributed by atoms with van der Waals surface area (Å²) >= 11 is 0. The Kier molecular flexibility index (Phi) is 4.23. The molecule has 2 aromatic carbocycles. The minimum atomic E-state index is -0.338. The van der Waals surface area contributed by atoms with E-state index in [4.69, 9.17) is 0 Å². The van der Waals surface area contributed by atoms with Crippen molar-refractivity contribution in [2.75, 3.05) is 5.32 Å². The lowest BCUT2D eigenvalue weighted by Crippen LogP contribution is -2.16. The Labute approximate surface area is 130 Å². The van der Waals surface area contributed by atoms with E-state index in [9.17, 15) is 9.18 Å². The molecule has 0 aromatic heterocycles. The van der Waals surface area contributed by atoms with Gasteiger partial charge >= 0.3 is 0 Å². The van der Waals surface area contributed by atoms with Crippen LogP contribution in [0.1, 0.15) is 35.1 Å². The molecule has 0 bridgehead atoms. The topological polar surface area (TPSA) is 29.1 Å². The average molecular weight is 297 g/mol. The van der Waals surface area contributed by atoms with Crippen LogP contribution in [-0.2, 0) is 24.1 Å². The highest BCUT2D eigenvalue weighted by Gasteiger charge is 2.12. The normalized spacial score (nSPS) is 13.5. The second-order valence-electron chi connectivity index (χ2n) is 5.99. The molecule has 3 rings (SSSR count). The lowest BCUT2D eigenvalue weighted by atomic mass is 9.90. The van der Waals surface area contributed by atoms with E-state index in [1.165, 1.54) is 36.1 Å². The zero-order valence-electron chi connectivity index (χ0n) is 12.8. The molecule has 0 saturated heterocycles. The molecule has 3 heteroatoms. The molecule has 1 aliphatic carbocycles. The van der Waals surface area contributed by atoms with E-state index >= 15 is 0 Å². The first-order valence-electron chi connectivity index (χ1n) is 7.78. The smallest absolute Gasteiger partial charge is 0.228 e. The van der Waals surface area contributed by atoms with Gasteiger partial charge in [0.25, 0.3) is 0 Å². The molecule has 0 heterocycles. The van der Waals surface area contributed by atoms with Gasteiger partial charge < -0.3 is 5.32 Å². The van der Waals surface area contributed by atoms with E-state index in [1.54, 1.807) is 6.07 Å². The summed E-state index contributed by atoms with van der Waals surface area (Å²) in [6.45, 7) is 1.86. The molecule has 0 fully saturated rings. The first-order chi connectivity index (χ1) is 10.6. The fourth-order valence-corrected chi connectivity index (χ4v) is 3.01. The van der Waals surface area contributed by atoms with E-state index in [0.717, 1.165) is 24.0 Å². The number of fused-ring (bicyclic) bond motifs is 1. The minimum absolute atomic E-state index is 0.107. The second-order valence-corrected chi connectivity index (χ2v) is 5.99. The third-order valence-electron chi connectivity index (χ3n) is 4.25. The van der Waals surface area contributed by atoms with Crippen LogP contribution in [0.3, 0.4) is 0 Å². The number of rotatable bonds is 3. The van der Waals surface area contributed by atoms with Crippen LogP contribution in [0, 0.1) is 12.7 Å². The predicted molar refractivity (Wildman–Crippen MR) is 86.6 cm³/mol. The number of benzene rings is 2. The SMILES string of the molecule is Cc1ccc(F)cc1NC(=O)Cc1ccc2c(c1)CCCC2. The van der Waals surface area contributed by atoms with E-state index in [1.807, 2.05) is 13.0 Å². The maximum atomic E-state index is 13.3. The van der Waals surface area contributed by atoms with Gasteiger partial charge in [0, 0.05) is 5.69 Å². The average Bonchev–Trinajstić information content (AvgIpc) is 2.51. The summed E-state index contributed by atoms with van der Waals surface area (Å²) in [6, 6.07) is 10.7. The Balaban J connectivity index is 1.70. The fourth-order valence-electron chi connectivity index (χ4n) is 3.01. The number of aryl methyl sites for hydroxylation is 3. The van der Waals surface area contributed by atoms with Crippen LogP contribution in [0.25, 0.3) is 0 Å². The second kappa shape index (κ2) is 6.30. The Morgan fingerprint density at radius 2 is 1.86 bits per heavy atom. The molecule has 0 spiro atoms. The third kappa shape index (κ3) is 3.35. The van der Waals surface area contributed by atoms with E-state index < -0.39 is 0 Å². The van der Waals surface area contributed by atoms with Crippen LogP contribution in [0.15, 0.2) is 36.4 Å². The highest BCUT2D eigenvalue weighted by Crippen LogP contribution is 2.23. The molecule has 2 aromatic rings. The maximum Gasteiger partial charge on any atom is 0.228 e. The Morgan fingerprint density at radius 1 is 1.09 bits per heavy atom. The lowest BCUT2D eigenvalue weighted by Gasteiger charge is -2.16. The van der Waals surface area contributed by atoms with Crippen LogP contribution in [-0.4, -0.2) is 5.91 Å². The molecule has 114 valence electrons. The first kappa shape index (κ1) is 14.8. The van der Waals surface area contributed by atoms with Gasteiger partial charge in [-0.25, -0.2) is 4.39 Å². The molecule has 0 atom stereocenters. The van der Waals surface area contributed by atoms with Crippen molar-refractivity contribution in [3.05, 3.63) is 64.5 Å². The van der Waals surface area contributed by atoms with E-state index in [-0.39, 0.29) is 11.7 Å². The summed E-state index contributed by atoms with van der Waals surface area (Å²) in [5.74, 6) is -0.445. The summed E-state index contributed by atoms with van der Waals surface area (Å²) in [5, 5.41) is 2.80. The van der Waals surface area contributed by atoms with Gasteiger partial charge in [-0.2, -0.15) is 0 Å². The van der Waals surface area contributed by atoms with Crippen LogP contribution >= 0.6 is 0 Å². The monoisotopic (exact) mass is 297 g/mol. The zero-order valence-corrected chi connectivity index (χ0v) is 12.8. The van der Waals surface area contributed by atoms with Gasteiger partial charge in [-0.3, -0.25) is 4.79 Å². The first-order valence-corrected chi connectivity index (χ1v) is 7.78. The van der Waals surface area contributed by atoms with Gasteiger partial charge in [0.1, 0.15) is 5.82 Å². The summed E-state index contributed by atoms with van der Waals surface area (Å²) in [7, 11) is 0. The molecule has 0 saturated carbocycles. The lowest BCUT2D eigenvalue weighted by molar-refractivity contribution is -0.115. The number of hydrogen-bond donors (Lipinski definition) is 1. The summed E-state index contributed by atoms with van der Waals surface area (Å²) in [6.07, 6.45) is 5.05. The number of halogens is 1. The summed E-state index contributed by atoms with van der Waals surface area (Å²) in [4.78, 5) is 12.2. The van der Waals surface area contributed by atoms with Crippen molar-refractivity contribution in [1.82, 2.24) is 0 Å². The number of anilines is 1. The Bertz CT molecular complexity index is 709. The molecule has 1 N–H and O–H groups in total. The van der Waals surface area contributed by atoms with Crippen molar-refractivity contribution in [2.24, 2.45) is 0 Å². The largest absolute Gasteiger partial charge is 0.325 e. The molecule has 1 aliphatic rings. The van der Waals surface area contributed by atoms with Crippen molar-refractivity contribution in [3.8, 4) is 0 Å². The van der Waals surface area contributed by atoms with Gasteiger partial charge in [-0.05, 0) is 67.0 Å². The highest BCUT2D eigenvalue weighted by atomic mass is 19.1. The Hall–Kier alpha value is -2.16. The van der Waals surface area contributed by atoms with Crippen molar-refractivity contribution in [1.29, 1.82) is 0 Å². The summed E-state index contributed by atoms with van der Waals surface area (Å²) < 4.78 is 13.3. The molecular weight excluding hydrogens is 277 g/mol. The van der Waals surface area contributed by atoms with Crippen molar-refractivity contribution in [3.63, 3.8) is 0 Å². The van der Waals surface area contributed by atoms with Crippen molar-refractivity contribution in [2.45, 2.75) is 39.0 Å². The van der Waals surface area contributed by atoms with Crippen LogP contribution < -0.4 is 5.32 Å². The highest BCUT2D eigenvalue weighted by molar-refractivity contribution is 5.93. The van der Waals surface area contributed by atoms with Gasteiger partial charge in [-0.15, -0.1) is 0 Å². The Morgan fingerprint density at radius 3 is 2.68 bits per heavy atom. The number of carbonyl (C=O) groups is 1. The quantitative estimate of drug-likeness (QED) is 0.904. The van der Waals surface area contributed by atoms with E-state index in [0.29, 0.717) is 12.1 Å². The molecular formula is C19H20FNO. The van der Waals surface area contributed by atoms with Gasteiger partial charge in [-0.1, -0.05) is 24.3 Å². The predicted octanol–water partition coefficient (Wildman–Crippen LogP) is 4.19. The van der Waals surface area contributed by atoms with Crippen LogP contribution in [0.4, 0.5) is 10.1 Å². The molecule has 22 heavy (non-hydrogen) atoms. The third-order valence-corrected chi connectivity index (χ3v) is 4.25. The number of nitrogens with one attached hydrogen (secondary N) is 1. The number of carbonyl (C=O) groups excluding carboxylic acids is 1. The van der Waals surface area contributed by atoms with Gasteiger partial charge in [0.15, 0.2) is 0 Å². The van der Waals surface area contributed by atoms with Crippen LogP contribution in [0.5, 0.6) is 0 Å². The maximum absolute atomic E-state index is 13.3. The van der Waals surface area contributed by atoms with Crippen molar-refractivity contribution >= 4 is 11.6 Å². The zero-order chi connectivity index (χ0) is 15.5. The number of hydrogen-bond acceptors (Lipinski definition) is 1. The van der Waals surface area contributed by atoms with Gasteiger partial charge in [0.2, 0.25) is 5.91 Å².